The van der Waals surface area contributed by atoms with Crippen molar-refractivity contribution in [3.05, 3.63) is 34.6 Å². The van der Waals surface area contributed by atoms with Crippen molar-refractivity contribution >= 4 is 10.9 Å². The van der Waals surface area contributed by atoms with Gasteiger partial charge in [0.2, 0.25) is 0 Å². The standard InChI is InChI=1S/C10H11N3O2/c1-7-11-6-8-9(12-7)2-3-13(4-5-14)10(8)15/h2-3,6,14H,4-5H2,1H3. The number of rotatable bonds is 2. The van der Waals surface area contributed by atoms with E-state index >= 15 is 0 Å². The fourth-order valence-electron chi connectivity index (χ4n) is 1.45. The summed E-state index contributed by atoms with van der Waals surface area (Å²) in [6.45, 7) is 2.01. The molecule has 0 aliphatic heterocycles. The van der Waals surface area contributed by atoms with Gasteiger partial charge in [-0.1, -0.05) is 0 Å². The molecule has 2 rings (SSSR count). The van der Waals surface area contributed by atoms with Crippen LogP contribution in [0.4, 0.5) is 0 Å². The molecule has 0 aliphatic rings. The van der Waals surface area contributed by atoms with E-state index in [0.29, 0.717) is 23.3 Å². The normalized spacial score (nSPS) is 10.8. The summed E-state index contributed by atoms with van der Waals surface area (Å²) in [6.07, 6.45) is 3.15. The van der Waals surface area contributed by atoms with Gasteiger partial charge in [-0.05, 0) is 13.0 Å². The molecule has 0 amide bonds. The Morgan fingerprint density at radius 3 is 3.07 bits per heavy atom. The van der Waals surface area contributed by atoms with Crippen LogP contribution in [-0.2, 0) is 6.54 Å². The SMILES string of the molecule is Cc1ncc2c(=O)n(CCO)ccc2n1. The fourth-order valence-corrected chi connectivity index (χ4v) is 1.45. The maximum absolute atomic E-state index is 11.8. The Hall–Kier alpha value is -1.75. The summed E-state index contributed by atoms with van der Waals surface area (Å²) < 4.78 is 1.45. The van der Waals surface area contributed by atoms with Crippen LogP contribution in [-0.4, -0.2) is 26.2 Å². The lowest BCUT2D eigenvalue weighted by molar-refractivity contribution is 0.274. The number of aliphatic hydroxyl groups excluding tert-OH is 1. The minimum atomic E-state index is -0.165. The zero-order chi connectivity index (χ0) is 10.8. The van der Waals surface area contributed by atoms with Crippen molar-refractivity contribution in [1.82, 2.24) is 14.5 Å². The van der Waals surface area contributed by atoms with E-state index in [1.54, 1.807) is 19.2 Å². The van der Waals surface area contributed by atoms with Crippen LogP contribution >= 0.6 is 0 Å². The molecular formula is C10H11N3O2. The highest BCUT2D eigenvalue weighted by molar-refractivity contribution is 5.76. The molecular weight excluding hydrogens is 194 g/mol. The van der Waals surface area contributed by atoms with E-state index in [9.17, 15) is 4.79 Å². The Labute approximate surface area is 86.0 Å². The molecule has 0 aromatic carbocycles. The van der Waals surface area contributed by atoms with Gasteiger partial charge < -0.3 is 9.67 Å². The van der Waals surface area contributed by atoms with Crippen LogP contribution in [0.5, 0.6) is 0 Å². The van der Waals surface area contributed by atoms with Crippen LogP contribution in [0.25, 0.3) is 10.9 Å². The van der Waals surface area contributed by atoms with E-state index in [2.05, 4.69) is 9.97 Å². The van der Waals surface area contributed by atoms with E-state index < -0.39 is 0 Å². The number of hydrogen-bond acceptors (Lipinski definition) is 4. The Morgan fingerprint density at radius 1 is 1.53 bits per heavy atom. The van der Waals surface area contributed by atoms with Crippen LogP contribution in [0, 0.1) is 6.92 Å². The molecule has 2 aromatic rings. The minimum absolute atomic E-state index is 0.0574. The Kier molecular flexibility index (Phi) is 2.47. The molecule has 0 aliphatic carbocycles. The third kappa shape index (κ3) is 1.73. The zero-order valence-electron chi connectivity index (χ0n) is 8.34. The van der Waals surface area contributed by atoms with Crippen LogP contribution < -0.4 is 5.56 Å². The monoisotopic (exact) mass is 205 g/mol. The molecule has 0 saturated heterocycles. The number of hydrogen-bond donors (Lipinski definition) is 1. The van der Waals surface area contributed by atoms with Gasteiger partial charge in [-0.3, -0.25) is 4.79 Å². The summed E-state index contributed by atoms with van der Waals surface area (Å²) in [5.41, 5.74) is 0.475. The highest BCUT2D eigenvalue weighted by atomic mass is 16.3. The molecule has 0 bridgehead atoms. The van der Waals surface area contributed by atoms with Crippen molar-refractivity contribution in [3.63, 3.8) is 0 Å². The molecule has 0 fully saturated rings. The fraction of sp³-hybridized carbons (Fsp3) is 0.300. The molecule has 2 aromatic heterocycles. The van der Waals surface area contributed by atoms with Crippen LogP contribution in [0.2, 0.25) is 0 Å². The summed E-state index contributed by atoms with van der Waals surface area (Å²) in [5.74, 6) is 0.641. The van der Waals surface area contributed by atoms with Gasteiger partial charge in [0.15, 0.2) is 0 Å². The average molecular weight is 205 g/mol. The number of aryl methyl sites for hydroxylation is 1. The average Bonchev–Trinajstić information content (AvgIpc) is 2.22. The van der Waals surface area contributed by atoms with E-state index in [1.165, 1.54) is 10.8 Å². The number of aromatic nitrogens is 3. The third-order valence-corrected chi connectivity index (χ3v) is 2.18. The van der Waals surface area contributed by atoms with E-state index in [-0.39, 0.29) is 12.2 Å². The lowest BCUT2D eigenvalue weighted by Gasteiger charge is -2.04. The second-order valence-corrected chi connectivity index (χ2v) is 3.25. The molecule has 15 heavy (non-hydrogen) atoms. The summed E-state index contributed by atoms with van der Waals surface area (Å²) in [7, 11) is 0. The van der Waals surface area contributed by atoms with Gasteiger partial charge >= 0.3 is 0 Å². The predicted octanol–water partition coefficient (Wildman–Crippen LogP) is 0.0922. The van der Waals surface area contributed by atoms with E-state index in [0.717, 1.165) is 0 Å². The van der Waals surface area contributed by atoms with Crippen molar-refractivity contribution in [3.8, 4) is 0 Å². The molecule has 1 N–H and O–H groups in total. The molecule has 5 nitrogen and oxygen atoms in total. The highest BCUT2D eigenvalue weighted by Crippen LogP contribution is 2.04. The van der Waals surface area contributed by atoms with Gasteiger partial charge in [0.25, 0.3) is 5.56 Å². The first-order chi connectivity index (χ1) is 7.22. The first-order valence-corrected chi connectivity index (χ1v) is 4.66. The first-order valence-electron chi connectivity index (χ1n) is 4.66. The van der Waals surface area contributed by atoms with Gasteiger partial charge in [-0.15, -0.1) is 0 Å². The van der Waals surface area contributed by atoms with E-state index in [4.69, 9.17) is 5.11 Å². The number of fused-ring (bicyclic) bond motifs is 1. The second kappa shape index (κ2) is 3.78. The molecule has 0 unspecified atom stereocenters. The maximum atomic E-state index is 11.8. The van der Waals surface area contributed by atoms with Gasteiger partial charge in [0, 0.05) is 18.9 Å². The number of aliphatic hydroxyl groups is 1. The lowest BCUT2D eigenvalue weighted by atomic mass is 10.3. The van der Waals surface area contributed by atoms with Crippen molar-refractivity contribution < 1.29 is 5.11 Å². The smallest absolute Gasteiger partial charge is 0.261 e. The maximum Gasteiger partial charge on any atom is 0.261 e. The predicted molar refractivity (Wildman–Crippen MR) is 55.6 cm³/mol. The molecule has 0 radical (unpaired) electrons. The Bertz CT molecular complexity index is 548. The van der Waals surface area contributed by atoms with Crippen molar-refractivity contribution in [2.45, 2.75) is 13.5 Å². The van der Waals surface area contributed by atoms with Crippen LogP contribution in [0.1, 0.15) is 5.82 Å². The summed E-state index contributed by atoms with van der Waals surface area (Å²) in [5, 5.41) is 9.25. The van der Waals surface area contributed by atoms with Crippen molar-refractivity contribution in [2.75, 3.05) is 6.61 Å². The van der Waals surface area contributed by atoms with Crippen molar-refractivity contribution in [2.24, 2.45) is 0 Å². The van der Waals surface area contributed by atoms with Gasteiger partial charge in [-0.25, -0.2) is 9.97 Å². The number of nitrogens with zero attached hydrogens (tertiary/aromatic N) is 3. The summed E-state index contributed by atoms with van der Waals surface area (Å²) >= 11 is 0. The zero-order valence-corrected chi connectivity index (χ0v) is 8.34. The van der Waals surface area contributed by atoms with Gasteiger partial charge in [0.1, 0.15) is 5.82 Å². The Morgan fingerprint density at radius 2 is 2.33 bits per heavy atom. The topological polar surface area (TPSA) is 68.0 Å². The largest absolute Gasteiger partial charge is 0.395 e. The molecule has 5 heteroatoms. The summed E-state index contributed by atoms with van der Waals surface area (Å²) in [6, 6.07) is 1.75. The van der Waals surface area contributed by atoms with Gasteiger partial charge in [-0.2, -0.15) is 0 Å². The quantitative estimate of drug-likeness (QED) is 0.754. The first kappa shape index (κ1) is 9.79. The highest BCUT2D eigenvalue weighted by Gasteiger charge is 2.03. The number of pyridine rings is 1. The molecule has 2 heterocycles. The Balaban J connectivity index is 2.69. The third-order valence-electron chi connectivity index (χ3n) is 2.18. The molecule has 78 valence electrons. The van der Waals surface area contributed by atoms with Gasteiger partial charge in [0.05, 0.1) is 17.5 Å². The molecule has 0 atom stereocenters. The molecule has 0 spiro atoms. The molecule has 0 saturated carbocycles. The van der Waals surface area contributed by atoms with E-state index in [1.807, 2.05) is 0 Å². The lowest BCUT2D eigenvalue weighted by Crippen LogP contribution is -2.21. The van der Waals surface area contributed by atoms with Crippen molar-refractivity contribution in [1.29, 1.82) is 0 Å². The summed E-state index contributed by atoms with van der Waals surface area (Å²) in [4.78, 5) is 19.9. The minimum Gasteiger partial charge on any atom is -0.395 e. The van der Waals surface area contributed by atoms with Crippen LogP contribution in [0.3, 0.4) is 0 Å². The second-order valence-electron chi connectivity index (χ2n) is 3.25. The van der Waals surface area contributed by atoms with Crippen LogP contribution in [0.15, 0.2) is 23.3 Å².